The smallest absolute Gasteiger partial charge is 0.330 e. The molecule has 0 aliphatic carbocycles. The molecule has 23 heavy (non-hydrogen) atoms. The first-order chi connectivity index (χ1) is 10.7. The first-order valence-corrected chi connectivity index (χ1v) is 6.78. The van der Waals surface area contributed by atoms with E-state index in [1.165, 1.54) is 14.2 Å². The number of hydrogen-bond acceptors (Lipinski definition) is 6. The number of ether oxygens (including phenoxy) is 2. The minimum Gasteiger partial charge on any atom is -0.466 e. The van der Waals surface area contributed by atoms with E-state index in [0.717, 1.165) is 24.3 Å². The molecule has 0 radical (unpaired) electrons. The maximum Gasteiger partial charge on any atom is 0.330 e. The van der Waals surface area contributed by atoms with Crippen molar-refractivity contribution in [2.45, 2.75) is 13.8 Å². The Hall–Kier alpha value is -2.64. The highest BCUT2D eigenvalue weighted by molar-refractivity contribution is 5.95. The monoisotopic (exact) mass is 326 g/mol. The Balaban J connectivity index is 4.23. The van der Waals surface area contributed by atoms with Gasteiger partial charge in [0, 0.05) is 37.4 Å². The van der Waals surface area contributed by atoms with Gasteiger partial charge in [-0.15, -0.1) is 0 Å². The van der Waals surface area contributed by atoms with Crippen molar-refractivity contribution in [3.63, 3.8) is 0 Å². The van der Waals surface area contributed by atoms with Crippen LogP contribution in [0.25, 0.3) is 0 Å². The van der Waals surface area contributed by atoms with Gasteiger partial charge in [0.05, 0.1) is 14.2 Å². The van der Waals surface area contributed by atoms with Crippen LogP contribution in [-0.2, 0) is 28.7 Å². The quantitative estimate of drug-likeness (QED) is 0.468. The Bertz CT molecular complexity index is 464. The second kappa shape index (κ2) is 10.1. The van der Waals surface area contributed by atoms with Crippen molar-refractivity contribution < 1.29 is 28.7 Å². The highest BCUT2D eigenvalue weighted by Crippen LogP contribution is 2.11. The molecule has 0 aliphatic heterocycles. The zero-order valence-electron chi connectivity index (χ0n) is 13.7. The summed E-state index contributed by atoms with van der Waals surface area (Å²) < 4.78 is 8.73. The summed E-state index contributed by atoms with van der Waals surface area (Å²) in [6, 6.07) is 0. The van der Waals surface area contributed by atoms with Gasteiger partial charge in [-0.2, -0.15) is 0 Å². The first-order valence-electron chi connectivity index (χ1n) is 6.78. The van der Waals surface area contributed by atoms with Gasteiger partial charge in [-0.1, -0.05) is 13.8 Å². The third kappa shape index (κ3) is 10.7. The maximum atomic E-state index is 11.5. The molecule has 0 aliphatic rings. The second-order valence-electron chi connectivity index (χ2n) is 5.31. The SMILES string of the molecule is COC(=O)C=CC(=O)NCC(C)(C)CNC(=O)C=CC(=O)OC. The molecule has 8 nitrogen and oxygen atoms in total. The fourth-order valence-corrected chi connectivity index (χ4v) is 1.26. The average molecular weight is 326 g/mol. The van der Waals surface area contributed by atoms with Gasteiger partial charge in [-0.25, -0.2) is 9.59 Å². The van der Waals surface area contributed by atoms with Crippen LogP contribution in [-0.4, -0.2) is 51.1 Å². The molecule has 0 rings (SSSR count). The van der Waals surface area contributed by atoms with E-state index < -0.39 is 29.2 Å². The number of amides is 2. The summed E-state index contributed by atoms with van der Waals surface area (Å²) in [5.41, 5.74) is -0.427. The van der Waals surface area contributed by atoms with E-state index in [4.69, 9.17) is 0 Å². The number of nitrogens with one attached hydrogen (secondary N) is 2. The highest BCUT2D eigenvalue weighted by atomic mass is 16.5. The van der Waals surface area contributed by atoms with Gasteiger partial charge in [0.15, 0.2) is 0 Å². The Kier molecular flexibility index (Phi) is 8.98. The van der Waals surface area contributed by atoms with Crippen LogP contribution in [0.3, 0.4) is 0 Å². The van der Waals surface area contributed by atoms with Gasteiger partial charge >= 0.3 is 11.9 Å². The lowest BCUT2D eigenvalue weighted by atomic mass is 9.93. The molecule has 2 amide bonds. The number of esters is 2. The lowest BCUT2D eigenvalue weighted by molar-refractivity contribution is -0.135. The van der Waals surface area contributed by atoms with Crippen molar-refractivity contribution in [3.05, 3.63) is 24.3 Å². The molecule has 0 fully saturated rings. The van der Waals surface area contributed by atoms with Crippen molar-refractivity contribution in [1.29, 1.82) is 0 Å². The minimum absolute atomic E-state index is 0.276. The first kappa shape index (κ1) is 20.4. The molecule has 0 heterocycles. The van der Waals surface area contributed by atoms with E-state index in [1.807, 2.05) is 13.8 Å². The van der Waals surface area contributed by atoms with Gasteiger partial charge in [0.2, 0.25) is 11.8 Å². The summed E-state index contributed by atoms with van der Waals surface area (Å²) in [6.07, 6.45) is 4.17. The number of rotatable bonds is 8. The van der Waals surface area contributed by atoms with Crippen LogP contribution < -0.4 is 10.6 Å². The van der Waals surface area contributed by atoms with E-state index in [9.17, 15) is 19.2 Å². The molecule has 128 valence electrons. The second-order valence-corrected chi connectivity index (χ2v) is 5.31. The molecule has 0 saturated carbocycles. The van der Waals surface area contributed by atoms with Gasteiger partial charge < -0.3 is 20.1 Å². The molecule has 0 bridgehead atoms. The van der Waals surface area contributed by atoms with Gasteiger partial charge in [-0.3, -0.25) is 9.59 Å². The molecule has 0 atom stereocenters. The predicted molar refractivity (Wildman–Crippen MR) is 82.1 cm³/mol. The van der Waals surface area contributed by atoms with Crippen molar-refractivity contribution in [1.82, 2.24) is 10.6 Å². The molecule has 0 spiro atoms. The molecule has 2 N–H and O–H groups in total. The molecule has 8 heteroatoms. The fourth-order valence-electron chi connectivity index (χ4n) is 1.26. The summed E-state index contributed by atoms with van der Waals surface area (Å²) in [6.45, 7) is 4.22. The van der Waals surface area contributed by atoms with Crippen LogP contribution in [0.4, 0.5) is 0 Å². The third-order valence-electron chi connectivity index (χ3n) is 2.63. The summed E-state index contributed by atoms with van der Waals surface area (Å²) in [4.78, 5) is 44.7. The summed E-state index contributed by atoms with van der Waals surface area (Å²) in [5.74, 6) is -2.13. The van der Waals surface area contributed by atoms with Crippen LogP contribution in [0.2, 0.25) is 0 Å². The van der Waals surface area contributed by atoms with Crippen LogP contribution in [0, 0.1) is 5.41 Å². The Morgan fingerprint density at radius 1 is 0.783 bits per heavy atom. The van der Waals surface area contributed by atoms with E-state index in [-0.39, 0.29) is 13.1 Å². The number of carbonyl (C=O) groups excluding carboxylic acids is 4. The standard InChI is InChI=1S/C15H22N2O6/c1-15(2,9-16-11(18)5-7-13(20)22-3)10-17-12(19)6-8-14(21)23-4/h5-8H,9-10H2,1-4H3,(H,16,18)(H,17,19). The topological polar surface area (TPSA) is 111 Å². The number of carbonyl (C=O) groups is 4. The Morgan fingerprint density at radius 2 is 1.13 bits per heavy atom. The zero-order valence-corrected chi connectivity index (χ0v) is 13.7. The van der Waals surface area contributed by atoms with Crippen LogP contribution >= 0.6 is 0 Å². The van der Waals surface area contributed by atoms with Gasteiger partial charge in [0.25, 0.3) is 0 Å². The summed E-state index contributed by atoms with van der Waals surface area (Å²) in [5, 5.41) is 5.22. The largest absolute Gasteiger partial charge is 0.466 e. The van der Waals surface area contributed by atoms with E-state index in [1.54, 1.807) is 0 Å². The van der Waals surface area contributed by atoms with E-state index in [0.29, 0.717) is 0 Å². The molecular formula is C15H22N2O6. The molecule has 0 aromatic rings. The molecular weight excluding hydrogens is 304 g/mol. The van der Waals surface area contributed by atoms with Crippen molar-refractivity contribution in [3.8, 4) is 0 Å². The fraction of sp³-hybridized carbons (Fsp3) is 0.467. The van der Waals surface area contributed by atoms with Crippen molar-refractivity contribution in [2.24, 2.45) is 5.41 Å². The molecule has 0 unspecified atom stereocenters. The number of methoxy groups -OCH3 is 2. The average Bonchev–Trinajstić information content (AvgIpc) is 2.53. The van der Waals surface area contributed by atoms with Gasteiger partial charge in [-0.05, 0) is 5.41 Å². The van der Waals surface area contributed by atoms with Crippen molar-refractivity contribution >= 4 is 23.8 Å². The lowest BCUT2D eigenvalue weighted by Gasteiger charge is -2.24. The van der Waals surface area contributed by atoms with Crippen LogP contribution in [0.5, 0.6) is 0 Å². The third-order valence-corrected chi connectivity index (χ3v) is 2.63. The molecule has 0 aromatic carbocycles. The maximum absolute atomic E-state index is 11.5. The number of hydrogen-bond donors (Lipinski definition) is 2. The highest BCUT2D eigenvalue weighted by Gasteiger charge is 2.19. The normalized spacial score (nSPS) is 11.3. The van der Waals surface area contributed by atoms with E-state index >= 15 is 0 Å². The van der Waals surface area contributed by atoms with Crippen LogP contribution in [0.15, 0.2) is 24.3 Å². The van der Waals surface area contributed by atoms with Crippen molar-refractivity contribution in [2.75, 3.05) is 27.3 Å². The predicted octanol–water partition coefficient (Wildman–Crippen LogP) is -0.297. The Labute approximate surface area is 134 Å². The zero-order chi connectivity index (χ0) is 17.9. The Morgan fingerprint density at radius 3 is 1.43 bits per heavy atom. The molecule has 0 aromatic heterocycles. The summed E-state index contributed by atoms with van der Waals surface area (Å²) in [7, 11) is 2.43. The summed E-state index contributed by atoms with van der Waals surface area (Å²) >= 11 is 0. The van der Waals surface area contributed by atoms with Crippen LogP contribution in [0.1, 0.15) is 13.8 Å². The lowest BCUT2D eigenvalue weighted by Crippen LogP contribution is -2.41. The molecule has 0 saturated heterocycles. The minimum atomic E-state index is -0.621. The van der Waals surface area contributed by atoms with Gasteiger partial charge in [0.1, 0.15) is 0 Å². The van der Waals surface area contributed by atoms with E-state index in [2.05, 4.69) is 20.1 Å².